The maximum absolute atomic E-state index is 5.85. The predicted octanol–water partition coefficient (Wildman–Crippen LogP) is 3.83. The largest absolute Gasteiger partial charge is 0.368 e. The van der Waals surface area contributed by atoms with Gasteiger partial charge in [0.05, 0.1) is 5.39 Å². The van der Waals surface area contributed by atoms with Crippen molar-refractivity contribution in [3.05, 3.63) is 10.9 Å². The van der Waals surface area contributed by atoms with Crippen LogP contribution in [-0.2, 0) is 6.42 Å². The van der Waals surface area contributed by atoms with E-state index in [1.165, 1.54) is 24.1 Å². The van der Waals surface area contributed by atoms with Crippen molar-refractivity contribution in [3.63, 3.8) is 0 Å². The van der Waals surface area contributed by atoms with Gasteiger partial charge in [-0.25, -0.2) is 4.98 Å². The van der Waals surface area contributed by atoms with Gasteiger partial charge in [-0.3, -0.25) is 0 Å². The molecule has 2 heterocycles. The quantitative estimate of drug-likeness (QED) is 0.848. The Morgan fingerprint density at radius 3 is 2.85 bits per heavy atom. The Labute approximate surface area is 123 Å². The predicted molar refractivity (Wildman–Crippen MR) is 86.2 cm³/mol. The van der Waals surface area contributed by atoms with Crippen LogP contribution < -0.4 is 11.1 Å². The molecular weight excluding hydrogens is 268 g/mol. The van der Waals surface area contributed by atoms with Gasteiger partial charge in [0.25, 0.3) is 0 Å². The van der Waals surface area contributed by atoms with Gasteiger partial charge >= 0.3 is 0 Å². The van der Waals surface area contributed by atoms with Crippen molar-refractivity contribution < 1.29 is 0 Å². The minimum absolute atomic E-state index is 0.366. The van der Waals surface area contributed by atoms with Gasteiger partial charge in [-0.15, -0.1) is 11.3 Å². The highest BCUT2D eigenvalue weighted by Gasteiger charge is 2.25. The second-order valence-corrected chi connectivity index (χ2v) is 6.76. The zero-order chi connectivity index (χ0) is 14.1. The topological polar surface area (TPSA) is 63.8 Å². The van der Waals surface area contributed by atoms with Crippen molar-refractivity contribution in [3.8, 4) is 0 Å². The van der Waals surface area contributed by atoms with E-state index in [-0.39, 0.29) is 0 Å². The number of rotatable bonds is 6. The van der Waals surface area contributed by atoms with Crippen molar-refractivity contribution in [1.29, 1.82) is 0 Å². The smallest absolute Gasteiger partial charge is 0.223 e. The van der Waals surface area contributed by atoms with Crippen molar-refractivity contribution in [2.75, 3.05) is 11.1 Å². The van der Waals surface area contributed by atoms with E-state index in [1.807, 2.05) is 0 Å². The third-order valence-electron chi connectivity index (χ3n) is 3.96. The molecule has 0 aliphatic heterocycles. The van der Waals surface area contributed by atoms with Crippen LogP contribution in [0.15, 0.2) is 6.07 Å². The summed E-state index contributed by atoms with van der Waals surface area (Å²) >= 11 is 1.72. The van der Waals surface area contributed by atoms with E-state index in [4.69, 9.17) is 5.73 Å². The zero-order valence-corrected chi connectivity index (χ0v) is 13.0. The molecule has 1 fully saturated rings. The summed E-state index contributed by atoms with van der Waals surface area (Å²) in [5, 5.41) is 4.72. The van der Waals surface area contributed by atoms with Crippen LogP contribution in [0.1, 0.15) is 44.4 Å². The average molecular weight is 290 g/mol. The first kappa shape index (κ1) is 13.6. The summed E-state index contributed by atoms with van der Waals surface area (Å²) in [6, 6.07) is 2.69. The average Bonchev–Trinajstić information content (AvgIpc) is 3.14. The Hall–Kier alpha value is -1.36. The van der Waals surface area contributed by atoms with Crippen LogP contribution in [-0.4, -0.2) is 16.0 Å². The summed E-state index contributed by atoms with van der Waals surface area (Å²) in [5.74, 6) is 2.19. The van der Waals surface area contributed by atoms with E-state index in [0.717, 1.165) is 34.8 Å². The minimum Gasteiger partial charge on any atom is -0.368 e. The van der Waals surface area contributed by atoms with Gasteiger partial charge in [0.1, 0.15) is 10.6 Å². The highest BCUT2D eigenvalue weighted by atomic mass is 32.1. The number of nitrogens with one attached hydrogen (secondary N) is 1. The Bertz CT molecular complexity index is 603. The molecule has 0 spiro atoms. The highest BCUT2D eigenvalue weighted by molar-refractivity contribution is 7.18. The van der Waals surface area contributed by atoms with E-state index in [2.05, 4.69) is 35.2 Å². The molecule has 4 nitrogen and oxygen atoms in total. The second-order valence-electron chi connectivity index (χ2n) is 5.64. The number of aryl methyl sites for hydroxylation is 1. The number of nitrogens with zero attached hydrogens (tertiary/aromatic N) is 2. The Morgan fingerprint density at radius 2 is 2.20 bits per heavy atom. The first-order chi connectivity index (χ1) is 9.69. The third kappa shape index (κ3) is 2.87. The van der Waals surface area contributed by atoms with Crippen LogP contribution in [0.2, 0.25) is 0 Å². The normalized spacial score (nSPS) is 16.5. The molecule has 3 N–H and O–H groups in total. The fraction of sp³-hybridized carbons (Fsp3) is 0.600. The van der Waals surface area contributed by atoms with Crippen molar-refractivity contribution in [1.82, 2.24) is 9.97 Å². The summed E-state index contributed by atoms with van der Waals surface area (Å²) in [6.45, 7) is 4.39. The lowest BCUT2D eigenvalue weighted by Gasteiger charge is -2.17. The van der Waals surface area contributed by atoms with E-state index in [1.54, 1.807) is 11.3 Å². The molecule has 108 valence electrons. The van der Waals surface area contributed by atoms with Gasteiger partial charge in [-0.1, -0.05) is 26.7 Å². The van der Waals surface area contributed by atoms with Gasteiger partial charge in [0.15, 0.2) is 0 Å². The van der Waals surface area contributed by atoms with Gasteiger partial charge in [-0.2, -0.15) is 4.98 Å². The summed E-state index contributed by atoms with van der Waals surface area (Å²) < 4.78 is 0. The van der Waals surface area contributed by atoms with E-state index in [0.29, 0.717) is 12.0 Å². The van der Waals surface area contributed by atoms with Crippen LogP contribution in [0.5, 0.6) is 0 Å². The maximum Gasteiger partial charge on any atom is 0.223 e. The van der Waals surface area contributed by atoms with Crippen LogP contribution in [0.4, 0.5) is 11.8 Å². The van der Waals surface area contributed by atoms with Crippen molar-refractivity contribution in [2.45, 2.75) is 52.0 Å². The minimum atomic E-state index is 0.366. The number of nitrogen functional groups attached to an aromatic ring is 1. The molecule has 1 aliphatic carbocycles. The molecular formula is C15H22N4S. The molecule has 1 atom stereocenters. The van der Waals surface area contributed by atoms with E-state index >= 15 is 0 Å². The van der Waals surface area contributed by atoms with Gasteiger partial charge in [0, 0.05) is 10.9 Å². The fourth-order valence-corrected chi connectivity index (χ4v) is 3.52. The maximum atomic E-state index is 5.85. The molecule has 0 saturated heterocycles. The van der Waals surface area contributed by atoms with Crippen molar-refractivity contribution >= 4 is 33.3 Å². The van der Waals surface area contributed by atoms with Crippen molar-refractivity contribution in [2.24, 2.45) is 5.92 Å². The lowest BCUT2D eigenvalue weighted by atomic mass is 10.1. The first-order valence-electron chi connectivity index (χ1n) is 7.52. The number of anilines is 2. The molecule has 1 aliphatic rings. The van der Waals surface area contributed by atoms with Crippen LogP contribution in [0, 0.1) is 5.92 Å². The lowest BCUT2D eigenvalue weighted by Crippen LogP contribution is -2.20. The number of thiophene rings is 1. The van der Waals surface area contributed by atoms with Crippen LogP contribution in [0.3, 0.4) is 0 Å². The molecule has 0 bridgehead atoms. The summed E-state index contributed by atoms with van der Waals surface area (Å²) in [7, 11) is 0. The second kappa shape index (κ2) is 5.56. The van der Waals surface area contributed by atoms with Crippen LogP contribution in [0.25, 0.3) is 10.2 Å². The summed E-state index contributed by atoms with van der Waals surface area (Å²) in [4.78, 5) is 11.1. The molecule has 0 amide bonds. The van der Waals surface area contributed by atoms with E-state index < -0.39 is 0 Å². The molecule has 3 rings (SSSR count). The standard InChI is InChI=1S/C15H22N4S/c1-3-10(7-9-5-6-9)17-13-12-8-11(4-2)20-14(12)19-15(16)18-13/h8-10H,3-7H2,1-2H3,(H3,16,17,18,19). The fourth-order valence-electron chi connectivity index (χ4n) is 2.55. The number of nitrogens with two attached hydrogens (primary N) is 1. The van der Waals surface area contributed by atoms with Gasteiger partial charge in [0.2, 0.25) is 5.95 Å². The SMILES string of the molecule is CCc1cc2c(NC(CC)CC3CC3)nc(N)nc2s1. The van der Waals surface area contributed by atoms with Gasteiger partial charge < -0.3 is 11.1 Å². The summed E-state index contributed by atoms with van der Waals surface area (Å²) in [6.07, 6.45) is 6.16. The lowest BCUT2D eigenvalue weighted by molar-refractivity contribution is 0.586. The third-order valence-corrected chi connectivity index (χ3v) is 5.13. The molecule has 5 heteroatoms. The number of aromatic nitrogens is 2. The van der Waals surface area contributed by atoms with Gasteiger partial charge in [-0.05, 0) is 31.2 Å². The molecule has 2 aromatic heterocycles. The highest BCUT2D eigenvalue weighted by Crippen LogP contribution is 2.36. The zero-order valence-electron chi connectivity index (χ0n) is 12.1. The molecule has 1 saturated carbocycles. The molecule has 0 aromatic carbocycles. The molecule has 2 aromatic rings. The number of fused-ring (bicyclic) bond motifs is 1. The van der Waals surface area contributed by atoms with E-state index in [9.17, 15) is 0 Å². The first-order valence-corrected chi connectivity index (χ1v) is 8.33. The number of hydrogen-bond donors (Lipinski definition) is 2. The molecule has 1 unspecified atom stereocenters. The van der Waals surface area contributed by atoms with Crippen LogP contribution >= 0.6 is 11.3 Å². The number of hydrogen-bond acceptors (Lipinski definition) is 5. The Morgan fingerprint density at radius 1 is 1.40 bits per heavy atom. The summed E-state index contributed by atoms with van der Waals surface area (Å²) in [5.41, 5.74) is 5.85. The Balaban J connectivity index is 1.89. The molecule has 20 heavy (non-hydrogen) atoms. The monoisotopic (exact) mass is 290 g/mol. The molecule has 0 radical (unpaired) electrons. The Kier molecular flexibility index (Phi) is 3.78.